The van der Waals surface area contributed by atoms with Crippen molar-refractivity contribution in [1.29, 1.82) is 10.5 Å². The Morgan fingerprint density at radius 1 is 1.10 bits per heavy atom. The van der Waals surface area contributed by atoms with Crippen molar-refractivity contribution in [2.75, 3.05) is 5.75 Å². The molecule has 1 heterocycles. The molecule has 0 radical (unpaired) electrons. The summed E-state index contributed by atoms with van der Waals surface area (Å²) in [6.07, 6.45) is -0.532. The topological polar surface area (TPSA) is 85.9 Å². The van der Waals surface area contributed by atoms with E-state index in [9.17, 15) is 15.3 Å². The van der Waals surface area contributed by atoms with Crippen LogP contribution >= 0.6 is 11.8 Å². The number of ether oxygens (including phenoxy) is 1. The van der Waals surface area contributed by atoms with Crippen molar-refractivity contribution < 1.29 is 9.53 Å². The van der Waals surface area contributed by atoms with Crippen molar-refractivity contribution >= 4 is 23.4 Å². The SMILES string of the molecule is CC(C)(C)OC(=O)N[C@@H](c1ccccc1)[C@H]1CSc2ccccc2C1=C(C#N)C#N. The van der Waals surface area contributed by atoms with E-state index in [1.165, 1.54) is 0 Å². The summed E-state index contributed by atoms with van der Waals surface area (Å²) in [6.45, 7) is 5.43. The molecule has 0 aliphatic carbocycles. The van der Waals surface area contributed by atoms with Gasteiger partial charge in [-0.2, -0.15) is 10.5 Å². The van der Waals surface area contributed by atoms with Gasteiger partial charge in [-0.25, -0.2) is 4.79 Å². The molecule has 0 spiro atoms. The van der Waals surface area contributed by atoms with E-state index in [1.54, 1.807) is 11.8 Å². The van der Waals surface area contributed by atoms with Gasteiger partial charge in [0.25, 0.3) is 0 Å². The molecule has 2 atom stereocenters. The van der Waals surface area contributed by atoms with Gasteiger partial charge in [-0.05, 0) is 43.5 Å². The first-order valence-electron chi connectivity index (χ1n) is 9.65. The van der Waals surface area contributed by atoms with E-state index >= 15 is 0 Å². The van der Waals surface area contributed by atoms with Crippen LogP contribution in [0.5, 0.6) is 0 Å². The summed E-state index contributed by atoms with van der Waals surface area (Å²) in [6, 6.07) is 21.0. The average Bonchev–Trinajstić information content (AvgIpc) is 2.72. The molecule has 0 saturated carbocycles. The lowest BCUT2D eigenvalue weighted by Gasteiger charge is -2.35. The van der Waals surface area contributed by atoms with Crippen LogP contribution in [-0.4, -0.2) is 17.4 Å². The molecule has 1 aliphatic heterocycles. The van der Waals surface area contributed by atoms with E-state index < -0.39 is 17.7 Å². The molecule has 0 fully saturated rings. The molecule has 152 valence electrons. The van der Waals surface area contributed by atoms with Crippen LogP contribution in [0, 0.1) is 28.6 Å². The molecule has 0 aromatic heterocycles. The highest BCUT2D eigenvalue weighted by Gasteiger charge is 2.36. The molecular weight excluding hydrogens is 394 g/mol. The maximum absolute atomic E-state index is 12.7. The van der Waals surface area contributed by atoms with Crippen LogP contribution in [0.3, 0.4) is 0 Å². The van der Waals surface area contributed by atoms with Crippen LogP contribution in [0.15, 0.2) is 65.1 Å². The monoisotopic (exact) mass is 417 g/mol. The van der Waals surface area contributed by atoms with Crippen LogP contribution in [0.4, 0.5) is 4.79 Å². The molecule has 1 N–H and O–H groups in total. The molecule has 0 saturated heterocycles. The normalized spacial score (nSPS) is 16.4. The summed E-state index contributed by atoms with van der Waals surface area (Å²) in [5.74, 6) is 0.350. The number of alkyl carbamates (subject to hydrolysis) is 1. The van der Waals surface area contributed by atoms with Crippen LogP contribution in [0.25, 0.3) is 5.57 Å². The zero-order valence-electron chi connectivity index (χ0n) is 17.2. The van der Waals surface area contributed by atoms with E-state index in [4.69, 9.17) is 4.74 Å². The Balaban J connectivity index is 2.10. The van der Waals surface area contributed by atoms with Crippen molar-refractivity contribution in [3.05, 3.63) is 71.3 Å². The number of hydrogen-bond acceptors (Lipinski definition) is 5. The number of amides is 1. The molecule has 6 heteroatoms. The third-order valence-corrected chi connectivity index (χ3v) is 5.89. The maximum atomic E-state index is 12.7. The van der Waals surface area contributed by atoms with Gasteiger partial charge < -0.3 is 10.1 Å². The third-order valence-electron chi connectivity index (χ3n) is 4.69. The summed E-state index contributed by atoms with van der Waals surface area (Å²) in [7, 11) is 0. The first kappa shape index (κ1) is 21.5. The molecular formula is C24H23N3O2S. The van der Waals surface area contributed by atoms with Gasteiger partial charge in [0.05, 0.1) is 6.04 Å². The fraction of sp³-hybridized carbons (Fsp3) is 0.292. The summed E-state index contributed by atoms with van der Waals surface area (Å²) in [5, 5.41) is 22.3. The van der Waals surface area contributed by atoms with Gasteiger partial charge in [0.1, 0.15) is 23.3 Å². The lowest BCUT2D eigenvalue weighted by Crippen LogP contribution is -2.39. The number of carbonyl (C=O) groups excluding carboxylic acids is 1. The van der Waals surface area contributed by atoms with Crippen molar-refractivity contribution in [2.45, 2.75) is 37.3 Å². The number of allylic oxidation sites excluding steroid dienone is 1. The molecule has 2 aromatic carbocycles. The highest BCUT2D eigenvalue weighted by Crippen LogP contribution is 2.46. The number of nitrogens with zero attached hydrogens (tertiary/aromatic N) is 2. The van der Waals surface area contributed by atoms with E-state index in [-0.39, 0.29) is 11.5 Å². The van der Waals surface area contributed by atoms with Gasteiger partial charge in [-0.15, -0.1) is 11.8 Å². The van der Waals surface area contributed by atoms with Gasteiger partial charge in [0, 0.05) is 16.6 Å². The van der Waals surface area contributed by atoms with E-state index in [2.05, 4.69) is 17.5 Å². The minimum atomic E-state index is -0.637. The van der Waals surface area contributed by atoms with Gasteiger partial charge >= 0.3 is 6.09 Å². The predicted molar refractivity (Wildman–Crippen MR) is 117 cm³/mol. The van der Waals surface area contributed by atoms with E-state index in [0.29, 0.717) is 11.3 Å². The Morgan fingerprint density at radius 2 is 1.73 bits per heavy atom. The molecule has 1 aliphatic rings. The highest BCUT2D eigenvalue weighted by molar-refractivity contribution is 7.99. The van der Waals surface area contributed by atoms with Crippen molar-refractivity contribution in [3.8, 4) is 12.1 Å². The first-order valence-corrected chi connectivity index (χ1v) is 10.6. The van der Waals surface area contributed by atoms with Crippen molar-refractivity contribution in [2.24, 2.45) is 5.92 Å². The Hall–Kier alpha value is -3.22. The second-order valence-corrected chi connectivity index (χ2v) is 9.02. The Kier molecular flexibility index (Phi) is 6.50. The van der Waals surface area contributed by atoms with Crippen LogP contribution in [-0.2, 0) is 4.74 Å². The van der Waals surface area contributed by atoms with Crippen molar-refractivity contribution in [1.82, 2.24) is 5.32 Å². The Morgan fingerprint density at radius 3 is 2.37 bits per heavy atom. The van der Waals surface area contributed by atoms with Crippen LogP contribution in [0.2, 0.25) is 0 Å². The fourth-order valence-corrected chi connectivity index (χ4v) is 4.74. The zero-order valence-corrected chi connectivity index (χ0v) is 18.0. The highest BCUT2D eigenvalue weighted by atomic mass is 32.2. The Bertz CT molecular complexity index is 1030. The maximum Gasteiger partial charge on any atom is 0.408 e. The molecule has 5 nitrogen and oxygen atoms in total. The predicted octanol–water partition coefficient (Wildman–Crippen LogP) is 5.48. The summed E-state index contributed by atoms with van der Waals surface area (Å²) in [5.41, 5.74) is 1.85. The minimum absolute atomic E-state index is 0.0691. The number of nitriles is 2. The number of thioether (sulfide) groups is 1. The lowest BCUT2D eigenvalue weighted by atomic mass is 9.82. The van der Waals surface area contributed by atoms with Crippen molar-refractivity contribution in [3.63, 3.8) is 0 Å². The quantitative estimate of drug-likeness (QED) is 0.669. The van der Waals surface area contributed by atoms with Gasteiger partial charge in [0.2, 0.25) is 0 Å². The van der Waals surface area contributed by atoms with Gasteiger partial charge in [0.15, 0.2) is 0 Å². The molecule has 30 heavy (non-hydrogen) atoms. The van der Waals surface area contributed by atoms with Crippen LogP contribution < -0.4 is 5.32 Å². The standard InChI is InChI=1S/C24H23N3O2S/c1-24(2,3)29-23(28)27-22(16-9-5-4-6-10-16)19-15-30-20-12-8-7-11-18(20)21(19)17(13-25)14-26/h4-12,19,22H,15H2,1-3H3,(H,27,28)/t19-,22-/m0/s1. The van der Waals surface area contributed by atoms with Crippen LogP contribution in [0.1, 0.15) is 37.9 Å². The second kappa shape index (κ2) is 9.07. The lowest BCUT2D eigenvalue weighted by molar-refractivity contribution is 0.0495. The average molecular weight is 418 g/mol. The molecule has 1 amide bonds. The molecule has 0 unspecified atom stereocenters. The number of nitrogens with one attached hydrogen (secondary N) is 1. The number of fused-ring (bicyclic) bond motifs is 1. The molecule has 3 rings (SSSR count). The summed E-state index contributed by atoms with van der Waals surface area (Å²) < 4.78 is 5.50. The Labute approximate surface area is 181 Å². The number of rotatable bonds is 3. The largest absolute Gasteiger partial charge is 0.444 e. The number of hydrogen-bond donors (Lipinski definition) is 1. The molecule has 2 aromatic rings. The smallest absolute Gasteiger partial charge is 0.408 e. The second-order valence-electron chi connectivity index (χ2n) is 7.96. The molecule has 0 bridgehead atoms. The van der Waals surface area contributed by atoms with Gasteiger partial charge in [-0.3, -0.25) is 0 Å². The number of benzene rings is 2. The number of carbonyl (C=O) groups is 1. The zero-order chi connectivity index (χ0) is 21.7. The van der Waals surface area contributed by atoms with Gasteiger partial charge in [-0.1, -0.05) is 48.5 Å². The van der Waals surface area contributed by atoms with E-state index in [1.807, 2.05) is 75.4 Å². The summed E-state index contributed by atoms with van der Waals surface area (Å²) >= 11 is 1.66. The first-order chi connectivity index (χ1) is 14.3. The summed E-state index contributed by atoms with van der Waals surface area (Å²) in [4.78, 5) is 13.7. The third kappa shape index (κ3) is 4.84. The fourth-order valence-electron chi connectivity index (χ4n) is 3.52. The minimum Gasteiger partial charge on any atom is -0.444 e. The van der Waals surface area contributed by atoms with E-state index in [0.717, 1.165) is 16.0 Å².